The first kappa shape index (κ1) is 23.4. The number of hydrogen-bond acceptors (Lipinski definition) is 5. The maximum absolute atomic E-state index is 5.79. The van der Waals surface area contributed by atoms with Gasteiger partial charge in [0.15, 0.2) is 17.5 Å². The van der Waals surface area contributed by atoms with Gasteiger partial charge in [-0.05, 0) is 50.2 Å². The third-order valence-corrected chi connectivity index (χ3v) is 5.30. The lowest BCUT2D eigenvalue weighted by Gasteiger charge is -2.15. The van der Waals surface area contributed by atoms with Crippen LogP contribution < -0.4 is 20.1 Å². The van der Waals surface area contributed by atoms with E-state index in [1.54, 1.807) is 0 Å². The summed E-state index contributed by atoms with van der Waals surface area (Å²) in [5.74, 6) is 3.15. The van der Waals surface area contributed by atoms with E-state index in [0.29, 0.717) is 25.9 Å². The molecular formula is C22H34IN3O4. The predicted octanol–water partition coefficient (Wildman–Crippen LogP) is 3.82. The van der Waals surface area contributed by atoms with Crippen LogP contribution in [0.5, 0.6) is 11.5 Å². The van der Waals surface area contributed by atoms with Crippen LogP contribution in [-0.4, -0.2) is 58.2 Å². The molecule has 1 saturated carbocycles. The smallest absolute Gasteiger partial charge is 0.195 e. The Balaban J connectivity index is 0.00000256. The fraction of sp³-hybridized carbons (Fsp3) is 0.682. The van der Waals surface area contributed by atoms with E-state index in [4.69, 9.17) is 23.9 Å². The second-order valence-electron chi connectivity index (χ2n) is 7.96. The number of guanidine groups is 1. The highest BCUT2D eigenvalue weighted by Crippen LogP contribution is 2.32. The highest BCUT2D eigenvalue weighted by Gasteiger charge is 2.21. The molecule has 0 amide bonds. The summed E-state index contributed by atoms with van der Waals surface area (Å²) in [6.45, 7) is 5.38. The summed E-state index contributed by atoms with van der Waals surface area (Å²) in [5, 5.41) is 6.84. The third kappa shape index (κ3) is 7.77. The maximum atomic E-state index is 5.79. The Morgan fingerprint density at radius 2 is 1.93 bits per heavy atom. The summed E-state index contributed by atoms with van der Waals surface area (Å²) in [7, 11) is 0. The van der Waals surface area contributed by atoms with Crippen LogP contribution in [-0.2, 0) is 9.47 Å². The maximum Gasteiger partial charge on any atom is 0.195 e. The molecule has 2 aliphatic heterocycles. The molecule has 1 aliphatic carbocycles. The number of anilines is 1. The van der Waals surface area contributed by atoms with Crippen LogP contribution in [0.25, 0.3) is 0 Å². The van der Waals surface area contributed by atoms with Crippen molar-refractivity contribution in [1.29, 1.82) is 0 Å². The number of aliphatic imine (C=N–C) groups is 1. The highest BCUT2D eigenvalue weighted by molar-refractivity contribution is 14.0. The van der Waals surface area contributed by atoms with Gasteiger partial charge in [0, 0.05) is 44.5 Å². The molecule has 2 fully saturated rings. The van der Waals surface area contributed by atoms with E-state index in [9.17, 15) is 0 Å². The number of hydrogen-bond donors (Lipinski definition) is 2. The van der Waals surface area contributed by atoms with Crippen molar-refractivity contribution in [3.63, 3.8) is 0 Å². The molecule has 8 heteroatoms. The summed E-state index contributed by atoms with van der Waals surface area (Å²) in [6.07, 6.45) is 6.98. The van der Waals surface area contributed by atoms with Gasteiger partial charge in [0.2, 0.25) is 0 Å². The second-order valence-corrected chi connectivity index (χ2v) is 7.96. The molecular weight excluding hydrogens is 497 g/mol. The molecule has 2 N–H and O–H groups in total. The van der Waals surface area contributed by atoms with Crippen LogP contribution in [0.2, 0.25) is 0 Å². The first-order valence-corrected chi connectivity index (χ1v) is 11.0. The average Bonchev–Trinajstić information content (AvgIpc) is 3.48. The predicted molar refractivity (Wildman–Crippen MR) is 129 cm³/mol. The molecule has 2 heterocycles. The van der Waals surface area contributed by atoms with Crippen LogP contribution >= 0.6 is 24.0 Å². The number of fused-ring (bicyclic) bond motifs is 1. The number of ether oxygens (including phenoxy) is 4. The van der Waals surface area contributed by atoms with E-state index in [1.165, 1.54) is 12.8 Å². The van der Waals surface area contributed by atoms with Crippen molar-refractivity contribution < 1.29 is 18.9 Å². The Morgan fingerprint density at radius 1 is 1.07 bits per heavy atom. The summed E-state index contributed by atoms with van der Waals surface area (Å²) >= 11 is 0. The molecule has 0 radical (unpaired) electrons. The van der Waals surface area contributed by atoms with Gasteiger partial charge in [0.25, 0.3) is 0 Å². The Kier molecular flexibility index (Phi) is 9.80. The minimum Gasteiger partial charge on any atom is -0.490 e. The average molecular weight is 531 g/mol. The number of benzene rings is 1. The Morgan fingerprint density at radius 3 is 2.73 bits per heavy atom. The lowest BCUT2D eigenvalue weighted by atomic mass is 10.2. The Labute approximate surface area is 196 Å². The van der Waals surface area contributed by atoms with Crippen molar-refractivity contribution >= 4 is 35.6 Å². The molecule has 1 aromatic rings. The van der Waals surface area contributed by atoms with Gasteiger partial charge in [-0.3, -0.25) is 4.99 Å². The largest absolute Gasteiger partial charge is 0.490 e. The van der Waals surface area contributed by atoms with Gasteiger partial charge in [-0.25, -0.2) is 0 Å². The summed E-state index contributed by atoms with van der Waals surface area (Å²) < 4.78 is 22.8. The quantitative estimate of drug-likeness (QED) is 0.219. The van der Waals surface area contributed by atoms with E-state index in [-0.39, 0.29) is 24.0 Å². The van der Waals surface area contributed by atoms with Crippen LogP contribution in [0.3, 0.4) is 0 Å². The van der Waals surface area contributed by atoms with Crippen molar-refractivity contribution in [2.24, 2.45) is 10.9 Å². The van der Waals surface area contributed by atoms with Gasteiger partial charge in [0.05, 0.1) is 25.9 Å². The molecule has 1 saturated heterocycles. The second kappa shape index (κ2) is 12.6. The minimum atomic E-state index is 0. The van der Waals surface area contributed by atoms with Crippen molar-refractivity contribution in [2.75, 3.05) is 51.4 Å². The molecule has 4 rings (SSSR count). The molecule has 0 aromatic heterocycles. The standard InChI is InChI=1S/C22H33N3O4.HI/c1-4-19(27-11-1)16-26-10-2-9-23-22(24-15-17-5-6-17)25-18-7-8-20-21(14-18)29-13-3-12-28-20;/h7-8,14,17,19H,1-6,9-13,15-16H2,(H2,23,24,25);1H. The molecule has 1 atom stereocenters. The van der Waals surface area contributed by atoms with Crippen LogP contribution in [0.15, 0.2) is 23.2 Å². The molecule has 0 bridgehead atoms. The number of halogens is 1. The van der Waals surface area contributed by atoms with Gasteiger partial charge in [-0.1, -0.05) is 0 Å². The molecule has 30 heavy (non-hydrogen) atoms. The number of nitrogens with one attached hydrogen (secondary N) is 2. The van der Waals surface area contributed by atoms with Crippen LogP contribution in [0.1, 0.15) is 38.5 Å². The number of rotatable bonds is 9. The molecule has 1 unspecified atom stereocenters. The van der Waals surface area contributed by atoms with Crippen molar-refractivity contribution in [3.8, 4) is 11.5 Å². The fourth-order valence-electron chi connectivity index (χ4n) is 3.41. The summed E-state index contributed by atoms with van der Waals surface area (Å²) in [4.78, 5) is 4.75. The topological polar surface area (TPSA) is 73.3 Å². The molecule has 3 aliphatic rings. The van der Waals surface area contributed by atoms with E-state index in [0.717, 1.165) is 81.1 Å². The zero-order valence-corrected chi connectivity index (χ0v) is 19.9. The monoisotopic (exact) mass is 531 g/mol. The van der Waals surface area contributed by atoms with E-state index in [2.05, 4.69) is 10.6 Å². The van der Waals surface area contributed by atoms with Gasteiger partial charge in [-0.2, -0.15) is 0 Å². The van der Waals surface area contributed by atoms with E-state index in [1.807, 2.05) is 18.2 Å². The minimum absolute atomic E-state index is 0. The lowest BCUT2D eigenvalue weighted by Crippen LogP contribution is -2.32. The third-order valence-electron chi connectivity index (χ3n) is 5.30. The van der Waals surface area contributed by atoms with Crippen molar-refractivity contribution in [1.82, 2.24) is 5.32 Å². The lowest BCUT2D eigenvalue weighted by molar-refractivity contribution is 0.0168. The molecule has 0 spiro atoms. The highest BCUT2D eigenvalue weighted by atomic mass is 127. The first-order chi connectivity index (χ1) is 14.4. The molecule has 7 nitrogen and oxygen atoms in total. The zero-order chi connectivity index (χ0) is 19.7. The van der Waals surface area contributed by atoms with E-state index < -0.39 is 0 Å². The number of nitrogens with zero attached hydrogens (tertiary/aromatic N) is 1. The Hall–Kier alpha value is -1.26. The Bertz CT molecular complexity index is 678. The van der Waals surface area contributed by atoms with Gasteiger partial charge < -0.3 is 29.6 Å². The molecule has 168 valence electrons. The van der Waals surface area contributed by atoms with E-state index >= 15 is 0 Å². The van der Waals surface area contributed by atoms with Crippen molar-refractivity contribution in [3.05, 3.63) is 18.2 Å². The van der Waals surface area contributed by atoms with Crippen LogP contribution in [0.4, 0.5) is 5.69 Å². The normalized spacial score (nSPS) is 20.9. The van der Waals surface area contributed by atoms with Gasteiger partial charge >= 0.3 is 0 Å². The summed E-state index contributed by atoms with van der Waals surface area (Å²) in [5.41, 5.74) is 0.950. The SMILES string of the molecule is I.c1cc2c(cc1NC(=NCC1CC1)NCCCOCC1CCCO1)OCCCO2. The van der Waals surface area contributed by atoms with Crippen LogP contribution in [0, 0.1) is 5.92 Å². The molecule has 1 aromatic carbocycles. The fourth-order valence-corrected chi connectivity index (χ4v) is 3.41. The summed E-state index contributed by atoms with van der Waals surface area (Å²) in [6, 6.07) is 5.95. The van der Waals surface area contributed by atoms with Gasteiger partial charge in [0.1, 0.15) is 0 Å². The van der Waals surface area contributed by atoms with Gasteiger partial charge in [-0.15, -0.1) is 24.0 Å². The first-order valence-electron chi connectivity index (χ1n) is 11.0. The van der Waals surface area contributed by atoms with Crippen molar-refractivity contribution in [2.45, 2.75) is 44.6 Å². The zero-order valence-electron chi connectivity index (χ0n) is 17.6.